The van der Waals surface area contributed by atoms with E-state index in [0.717, 1.165) is 46.7 Å². The summed E-state index contributed by atoms with van der Waals surface area (Å²) in [5, 5.41) is 3.10. The zero-order chi connectivity index (χ0) is 48.8. The van der Waals surface area contributed by atoms with Gasteiger partial charge in [-0.1, -0.05) is 188 Å². The highest BCUT2D eigenvalue weighted by Gasteiger charge is 2.45. The summed E-state index contributed by atoms with van der Waals surface area (Å²) in [7, 11) is -2.45. The Hall–Kier alpha value is -7.08. The molecule has 358 valence electrons. The summed E-state index contributed by atoms with van der Waals surface area (Å²) in [5.74, 6) is 0. The number of aldehydes is 2. The van der Waals surface area contributed by atoms with E-state index in [9.17, 15) is 9.59 Å². The fraction of sp³-hybridized carbons (Fsp3) is 0.242. The van der Waals surface area contributed by atoms with Gasteiger partial charge in [-0.05, 0) is 153 Å². The topological polar surface area (TPSA) is 40.6 Å². The molecule has 0 saturated heterocycles. The molecule has 8 aromatic rings. The largest absolute Gasteiger partial charge is 0.311 e. The zero-order valence-corrected chi connectivity index (χ0v) is 42.7. The van der Waals surface area contributed by atoms with E-state index in [4.69, 9.17) is 0 Å². The lowest BCUT2D eigenvalue weighted by Crippen LogP contribution is -2.55. The van der Waals surface area contributed by atoms with Crippen LogP contribution in [-0.2, 0) is 0 Å². The van der Waals surface area contributed by atoms with Crippen LogP contribution in [-0.4, -0.2) is 20.6 Å². The van der Waals surface area contributed by atoms with Crippen molar-refractivity contribution in [3.8, 4) is 33.4 Å². The summed E-state index contributed by atoms with van der Waals surface area (Å²) in [4.78, 5) is 28.6. The third-order valence-electron chi connectivity index (χ3n) is 14.8. The molecule has 0 radical (unpaired) electrons. The number of carbonyl (C=O) groups excluding carboxylic acids is 2. The standard InChI is InChI=1S/C66H68N2O2Si/c1-3-5-7-9-11-19-45-71(46-20-12-10-8-6-4-2)65-47-61(67(57-33-25-51(49-69)26-34-57)59-37-29-55(30-38-59)53-21-15-13-16-22-53)41-43-63(65)64-44-42-62(48-66(64)71)68(58-35-27-52(50-70)28-36-58)60-39-31-56(32-40-60)54-23-17-14-18-24-54/h13-18,21-44,47-50H,3-12,19-20,45-46H2,1-2H3. The summed E-state index contributed by atoms with van der Waals surface area (Å²) in [6, 6.07) is 72.2. The molecule has 0 aromatic heterocycles. The first kappa shape index (κ1) is 48.9. The van der Waals surface area contributed by atoms with Crippen LogP contribution in [0.3, 0.4) is 0 Å². The number of rotatable bonds is 24. The zero-order valence-electron chi connectivity index (χ0n) is 41.7. The first-order valence-corrected chi connectivity index (χ1v) is 28.8. The van der Waals surface area contributed by atoms with Gasteiger partial charge in [-0.15, -0.1) is 0 Å². The van der Waals surface area contributed by atoms with Gasteiger partial charge in [0, 0.05) is 45.3 Å². The monoisotopic (exact) mass is 949 g/mol. The Morgan fingerprint density at radius 3 is 1.00 bits per heavy atom. The minimum Gasteiger partial charge on any atom is -0.311 e. The Morgan fingerprint density at radius 1 is 0.338 bits per heavy atom. The molecule has 0 unspecified atom stereocenters. The van der Waals surface area contributed by atoms with Gasteiger partial charge in [0.15, 0.2) is 0 Å². The molecule has 9 rings (SSSR count). The number of hydrogen-bond acceptors (Lipinski definition) is 4. The van der Waals surface area contributed by atoms with Gasteiger partial charge < -0.3 is 9.80 Å². The van der Waals surface area contributed by atoms with E-state index in [0.29, 0.717) is 11.1 Å². The third kappa shape index (κ3) is 11.1. The predicted molar refractivity (Wildman–Crippen MR) is 304 cm³/mol. The van der Waals surface area contributed by atoms with E-state index in [2.05, 4.69) is 194 Å². The van der Waals surface area contributed by atoms with Crippen molar-refractivity contribution in [1.82, 2.24) is 0 Å². The van der Waals surface area contributed by atoms with Gasteiger partial charge in [-0.2, -0.15) is 0 Å². The molecule has 0 aliphatic carbocycles. The predicted octanol–water partition coefficient (Wildman–Crippen LogP) is 17.8. The quantitative estimate of drug-likeness (QED) is 0.0344. The average Bonchev–Trinajstić information content (AvgIpc) is 3.69. The number of benzene rings is 8. The molecule has 0 fully saturated rings. The highest BCUT2D eigenvalue weighted by atomic mass is 28.3. The third-order valence-corrected chi connectivity index (χ3v) is 20.1. The van der Waals surface area contributed by atoms with Crippen molar-refractivity contribution < 1.29 is 9.59 Å². The van der Waals surface area contributed by atoms with E-state index in [-0.39, 0.29) is 0 Å². The molecule has 8 aromatic carbocycles. The fourth-order valence-electron chi connectivity index (χ4n) is 11.0. The van der Waals surface area contributed by atoms with Crippen molar-refractivity contribution >= 4 is 65.1 Å². The van der Waals surface area contributed by atoms with E-state index < -0.39 is 8.07 Å². The molecule has 0 amide bonds. The molecule has 0 bridgehead atoms. The van der Waals surface area contributed by atoms with Crippen LogP contribution in [0.5, 0.6) is 0 Å². The van der Waals surface area contributed by atoms with Crippen LogP contribution in [0.1, 0.15) is 112 Å². The van der Waals surface area contributed by atoms with Gasteiger partial charge in [0.05, 0.1) is 0 Å². The van der Waals surface area contributed by atoms with Gasteiger partial charge in [0.1, 0.15) is 20.6 Å². The van der Waals surface area contributed by atoms with Crippen LogP contribution in [0.4, 0.5) is 34.1 Å². The SMILES string of the molecule is CCCCCCCC[Si]1(CCCCCCCC)c2cc(N(c3ccc(C=O)cc3)c3ccc(-c4ccccc4)cc3)ccc2-c2ccc(N(c3ccc(C=O)cc3)c3ccc(-c4ccccc4)cc3)cc21. The lowest BCUT2D eigenvalue weighted by Gasteiger charge is -2.33. The second-order valence-electron chi connectivity index (χ2n) is 19.5. The molecule has 1 aliphatic rings. The Kier molecular flexibility index (Phi) is 16.3. The van der Waals surface area contributed by atoms with Crippen molar-refractivity contribution in [3.05, 3.63) is 205 Å². The maximum atomic E-state index is 11.9. The van der Waals surface area contributed by atoms with E-state index in [1.165, 1.54) is 123 Å². The second-order valence-corrected chi connectivity index (χ2v) is 23.7. The lowest BCUT2D eigenvalue weighted by molar-refractivity contribution is 0.111. The molecule has 0 N–H and O–H groups in total. The van der Waals surface area contributed by atoms with Crippen molar-refractivity contribution in [2.75, 3.05) is 9.80 Å². The fourth-order valence-corrected chi connectivity index (χ4v) is 16.6. The summed E-state index contributed by atoms with van der Waals surface area (Å²) in [6.07, 6.45) is 17.0. The van der Waals surface area contributed by atoms with Crippen molar-refractivity contribution in [3.63, 3.8) is 0 Å². The Balaban J connectivity index is 1.19. The van der Waals surface area contributed by atoms with Crippen LogP contribution in [0, 0.1) is 0 Å². The number of carbonyl (C=O) groups is 2. The number of anilines is 6. The minimum absolute atomic E-state index is 0.665. The van der Waals surface area contributed by atoms with E-state index in [1.54, 1.807) is 10.4 Å². The van der Waals surface area contributed by atoms with E-state index in [1.807, 2.05) is 24.3 Å². The average molecular weight is 949 g/mol. The highest BCUT2D eigenvalue weighted by molar-refractivity contribution is 7.05. The molecule has 1 aliphatic heterocycles. The van der Waals surface area contributed by atoms with Gasteiger partial charge in [-0.3, -0.25) is 9.59 Å². The van der Waals surface area contributed by atoms with Gasteiger partial charge in [0.2, 0.25) is 0 Å². The highest BCUT2D eigenvalue weighted by Crippen LogP contribution is 2.43. The van der Waals surface area contributed by atoms with E-state index >= 15 is 0 Å². The molecule has 5 heteroatoms. The normalized spacial score (nSPS) is 12.3. The first-order valence-electron chi connectivity index (χ1n) is 26.3. The van der Waals surface area contributed by atoms with Crippen molar-refractivity contribution in [2.24, 2.45) is 0 Å². The molecule has 4 nitrogen and oxygen atoms in total. The Bertz CT molecular complexity index is 2760. The molecular weight excluding hydrogens is 881 g/mol. The number of fused-ring (bicyclic) bond motifs is 3. The van der Waals surface area contributed by atoms with Crippen molar-refractivity contribution in [2.45, 2.75) is 103 Å². The van der Waals surface area contributed by atoms with Crippen LogP contribution >= 0.6 is 0 Å². The molecule has 0 atom stereocenters. The molecular formula is C66H68N2O2Si. The van der Waals surface area contributed by atoms with Crippen LogP contribution in [0.2, 0.25) is 12.1 Å². The Morgan fingerprint density at radius 2 is 0.648 bits per heavy atom. The number of unbranched alkanes of at least 4 members (excludes halogenated alkanes) is 10. The van der Waals surface area contributed by atoms with Crippen molar-refractivity contribution in [1.29, 1.82) is 0 Å². The smallest absolute Gasteiger partial charge is 0.150 e. The van der Waals surface area contributed by atoms with Crippen LogP contribution in [0.25, 0.3) is 33.4 Å². The van der Waals surface area contributed by atoms with Crippen LogP contribution < -0.4 is 20.2 Å². The second kappa shape index (κ2) is 23.7. The van der Waals surface area contributed by atoms with Gasteiger partial charge in [-0.25, -0.2) is 0 Å². The van der Waals surface area contributed by atoms with Gasteiger partial charge >= 0.3 is 0 Å². The van der Waals surface area contributed by atoms with Gasteiger partial charge in [0.25, 0.3) is 0 Å². The number of hydrogen-bond donors (Lipinski definition) is 0. The lowest BCUT2D eigenvalue weighted by atomic mass is 10.0. The summed E-state index contributed by atoms with van der Waals surface area (Å²) in [6.45, 7) is 4.61. The first-order chi connectivity index (χ1) is 35.0. The maximum Gasteiger partial charge on any atom is 0.150 e. The summed E-state index contributed by atoms with van der Waals surface area (Å²) in [5.41, 5.74) is 15.3. The van der Waals surface area contributed by atoms with Crippen LogP contribution in [0.15, 0.2) is 194 Å². The Labute approximate surface area is 424 Å². The number of nitrogens with zero attached hydrogens (tertiary/aromatic N) is 2. The molecule has 71 heavy (non-hydrogen) atoms. The molecule has 0 saturated carbocycles. The summed E-state index contributed by atoms with van der Waals surface area (Å²) < 4.78 is 0. The molecule has 0 spiro atoms. The maximum absolute atomic E-state index is 11.9. The summed E-state index contributed by atoms with van der Waals surface area (Å²) >= 11 is 0. The molecule has 1 heterocycles. The minimum atomic E-state index is -2.45.